The molecule has 1 N–H and O–H groups in total. The topological polar surface area (TPSA) is 84.9 Å². The molecule has 0 aliphatic carbocycles. The van der Waals surface area contributed by atoms with Crippen molar-refractivity contribution in [3.63, 3.8) is 0 Å². The van der Waals surface area contributed by atoms with Gasteiger partial charge in [-0.15, -0.1) is 0 Å². The second-order valence-corrected chi connectivity index (χ2v) is 9.30. The van der Waals surface area contributed by atoms with Gasteiger partial charge >= 0.3 is 0 Å². The van der Waals surface area contributed by atoms with Crippen LogP contribution in [-0.2, 0) is 14.8 Å². The first-order valence-corrected chi connectivity index (χ1v) is 12.2. The van der Waals surface area contributed by atoms with Gasteiger partial charge in [0.05, 0.1) is 24.6 Å². The fourth-order valence-electron chi connectivity index (χ4n) is 3.15. The summed E-state index contributed by atoms with van der Waals surface area (Å²) in [4.78, 5) is 13.0. The van der Waals surface area contributed by atoms with E-state index < -0.39 is 16.1 Å². The van der Waals surface area contributed by atoms with Gasteiger partial charge in [0.25, 0.3) is 0 Å². The Hall–Kier alpha value is -2.74. The number of nitrogens with zero attached hydrogens (tertiary/aromatic N) is 1. The quantitative estimate of drug-likeness (QED) is 0.569. The van der Waals surface area contributed by atoms with Crippen molar-refractivity contribution in [3.8, 4) is 11.5 Å². The summed E-state index contributed by atoms with van der Waals surface area (Å²) >= 11 is 0. The van der Waals surface area contributed by atoms with Gasteiger partial charge in [0.2, 0.25) is 15.9 Å². The predicted molar refractivity (Wildman–Crippen MR) is 123 cm³/mol. The molecule has 0 bridgehead atoms. The largest absolute Gasteiger partial charge is 0.494 e. The summed E-state index contributed by atoms with van der Waals surface area (Å²) in [5.74, 6) is 0.979. The molecule has 1 amide bonds. The van der Waals surface area contributed by atoms with E-state index in [0.717, 1.165) is 16.1 Å². The molecule has 170 valence electrons. The molecule has 31 heavy (non-hydrogen) atoms. The molecule has 2 rings (SSSR count). The number of nitrogens with one attached hydrogen (secondary N) is 1. The molecule has 0 fully saturated rings. The highest BCUT2D eigenvalue weighted by atomic mass is 32.2. The Balaban J connectivity index is 2.11. The smallest absolute Gasteiger partial charge is 0.244 e. The van der Waals surface area contributed by atoms with Gasteiger partial charge < -0.3 is 14.8 Å². The van der Waals surface area contributed by atoms with Crippen LogP contribution in [0.25, 0.3) is 0 Å². The molecule has 0 spiro atoms. The normalized spacial score (nSPS) is 13.2. The zero-order valence-electron chi connectivity index (χ0n) is 18.8. The molecule has 0 saturated heterocycles. The fraction of sp³-hybridized carbons (Fsp3) is 0.435. The van der Waals surface area contributed by atoms with Gasteiger partial charge in [-0.25, -0.2) is 8.42 Å². The van der Waals surface area contributed by atoms with E-state index in [4.69, 9.17) is 9.47 Å². The van der Waals surface area contributed by atoms with E-state index in [1.54, 1.807) is 31.2 Å². The molecule has 0 aliphatic heterocycles. The van der Waals surface area contributed by atoms with Crippen LogP contribution in [0.4, 0.5) is 5.69 Å². The van der Waals surface area contributed by atoms with Crippen molar-refractivity contribution in [2.24, 2.45) is 0 Å². The zero-order chi connectivity index (χ0) is 23.0. The van der Waals surface area contributed by atoms with Gasteiger partial charge in [-0.2, -0.15) is 0 Å². The second-order valence-electron chi connectivity index (χ2n) is 7.44. The minimum Gasteiger partial charge on any atom is -0.494 e. The fourth-order valence-corrected chi connectivity index (χ4v) is 4.36. The van der Waals surface area contributed by atoms with Crippen LogP contribution >= 0.6 is 0 Å². The van der Waals surface area contributed by atoms with Crippen molar-refractivity contribution >= 4 is 21.6 Å². The first-order valence-electron chi connectivity index (χ1n) is 10.4. The van der Waals surface area contributed by atoms with Crippen molar-refractivity contribution in [1.29, 1.82) is 0 Å². The summed E-state index contributed by atoms with van der Waals surface area (Å²) in [5.41, 5.74) is 1.55. The van der Waals surface area contributed by atoms with E-state index in [1.807, 2.05) is 45.0 Å². The predicted octanol–water partition coefficient (Wildman–Crippen LogP) is 3.52. The number of carbonyl (C=O) groups excluding carboxylic acids is 1. The average molecular weight is 449 g/mol. The van der Waals surface area contributed by atoms with Gasteiger partial charge in [-0.05, 0) is 63.6 Å². The van der Waals surface area contributed by atoms with Crippen LogP contribution in [0.15, 0.2) is 48.5 Å². The van der Waals surface area contributed by atoms with Gasteiger partial charge in [-0.3, -0.25) is 9.10 Å². The van der Waals surface area contributed by atoms with E-state index in [1.165, 1.54) is 0 Å². The lowest BCUT2D eigenvalue weighted by Gasteiger charge is -2.31. The third-order valence-electron chi connectivity index (χ3n) is 4.64. The van der Waals surface area contributed by atoms with Crippen LogP contribution in [-0.4, -0.2) is 45.9 Å². The van der Waals surface area contributed by atoms with Crippen molar-refractivity contribution in [1.82, 2.24) is 5.32 Å². The minimum atomic E-state index is -3.69. The molecule has 0 aromatic heterocycles. The molecular formula is C23H32N2O5S. The molecule has 0 saturated carbocycles. The first-order chi connectivity index (χ1) is 14.7. The van der Waals surface area contributed by atoms with Crippen molar-refractivity contribution in [3.05, 3.63) is 54.1 Å². The van der Waals surface area contributed by atoms with E-state index in [0.29, 0.717) is 30.2 Å². The van der Waals surface area contributed by atoms with Crippen LogP contribution in [0.1, 0.15) is 32.8 Å². The number of hydrogen-bond acceptors (Lipinski definition) is 5. The Bertz CT molecular complexity index is 943. The van der Waals surface area contributed by atoms with Crippen LogP contribution in [0.2, 0.25) is 0 Å². The molecule has 2 aromatic rings. The lowest BCUT2D eigenvalue weighted by atomic mass is 10.1. The molecule has 0 unspecified atom stereocenters. The SMILES string of the molecule is CCOc1ccc(N([C@H](CC)C(=O)N[C@@H](C)COc2ccc(C)cc2)S(C)(=O)=O)cc1. The number of benzene rings is 2. The minimum absolute atomic E-state index is 0.271. The Morgan fingerprint density at radius 1 is 1.00 bits per heavy atom. The maximum Gasteiger partial charge on any atom is 0.244 e. The molecule has 2 atom stereocenters. The molecular weight excluding hydrogens is 416 g/mol. The van der Waals surface area contributed by atoms with E-state index in [9.17, 15) is 13.2 Å². The number of amides is 1. The molecule has 0 aliphatic rings. The van der Waals surface area contributed by atoms with Crippen LogP contribution < -0.4 is 19.1 Å². The maximum absolute atomic E-state index is 13.0. The van der Waals surface area contributed by atoms with Gasteiger partial charge in [0.1, 0.15) is 24.1 Å². The number of hydrogen-bond donors (Lipinski definition) is 1. The lowest BCUT2D eigenvalue weighted by molar-refractivity contribution is -0.123. The first kappa shape index (κ1) is 24.5. The summed E-state index contributed by atoms with van der Waals surface area (Å²) in [6.07, 6.45) is 1.42. The third kappa shape index (κ3) is 7.17. The zero-order valence-corrected chi connectivity index (χ0v) is 19.6. The molecule has 2 aromatic carbocycles. The number of rotatable bonds is 11. The standard InChI is InChI=1S/C23H32N2O5S/c1-6-22(23(26)24-18(4)16-30-21-12-8-17(3)9-13-21)25(31(5,27)28)19-10-14-20(15-11-19)29-7-2/h8-15,18,22H,6-7,16H2,1-5H3,(H,24,26)/t18-,22+/m0/s1. The maximum atomic E-state index is 13.0. The van der Waals surface area contributed by atoms with Crippen molar-refractivity contribution in [2.75, 3.05) is 23.8 Å². The number of ether oxygens (including phenoxy) is 2. The highest BCUT2D eigenvalue weighted by Crippen LogP contribution is 2.25. The van der Waals surface area contributed by atoms with Gasteiger partial charge in [0, 0.05) is 0 Å². The van der Waals surface area contributed by atoms with E-state index >= 15 is 0 Å². The highest BCUT2D eigenvalue weighted by Gasteiger charge is 2.32. The summed E-state index contributed by atoms with van der Waals surface area (Å²) < 4.78 is 37.4. The summed E-state index contributed by atoms with van der Waals surface area (Å²) in [6, 6.07) is 13.1. The second kappa shape index (κ2) is 11.0. The van der Waals surface area contributed by atoms with Gasteiger partial charge in [0.15, 0.2) is 0 Å². The number of aryl methyl sites for hydroxylation is 1. The third-order valence-corrected chi connectivity index (χ3v) is 5.82. The van der Waals surface area contributed by atoms with E-state index in [-0.39, 0.29) is 18.6 Å². The summed E-state index contributed by atoms with van der Waals surface area (Å²) in [5, 5.41) is 2.87. The van der Waals surface area contributed by atoms with Crippen LogP contribution in [0, 0.1) is 6.92 Å². The average Bonchev–Trinajstić information content (AvgIpc) is 2.71. The highest BCUT2D eigenvalue weighted by molar-refractivity contribution is 7.92. The Morgan fingerprint density at radius 2 is 1.55 bits per heavy atom. The monoisotopic (exact) mass is 448 g/mol. The molecule has 8 heteroatoms. The Kier molecular flexibility index (Phi) is 8.74. The Morgan fingerprint density at radius 3 is 2.06 bits per heavy atom. The van der Waals surface area contributed by atoms with Gasteiger partial charge in [-0.1, -0.05) is 24.6 Å². The molecule has 0 heterocycles. The number of carbonyl (C=O) groups is 1. The van der Waals surface area contributed by atoms with Crippen LogP contribution in [0.5, 0.6) is 11.5 Å². The number of sulfonamides is 1. The summed E-state index contributed by atoms with van der Waals surface area (Å²) in [6.45, 7) is 8.25. The van der Waals surface area contributed by atoms with Crippen molar-refractivity contribution in [2.45, 2.75) is 46.2 Å². The lowest BCUT2D eigenvalue weighted by Crippen LogP contribution is -2.52. The number of anilines is 1. The Labute approximate surface area is 185 Å². The summed E-state index contributed by atoms with van der Waals surface area (Å²) in [7, 11) is -3.69. The van der Waals surface area contributed by atoms with Crippen LogP contribution in [0.3, 0.4) is 0 Å². The van der Waals surface area contributed by atoms with Crippen molar-refractivity contribution < 1.29 is 22.7 Å². The molecule has 0 radical (unpaired) electrons. The van der Waals surface area contributed by atoms with E-state index in [2.05, 4.69) is 5.32 Å². The molecule has 7 nitrogen and oxygen atoms in total.